The van der Waals surface area contributed by atoms with Gasteiger partial charge in [0.1, 0.15) is 12.4 Å². The number of methoxy groups -OCH3 is 1. The number of rotatable bonds is 11. The molecular formula is C22H29ClN8O5. The molecule has 8 N–H and O–H groups in total. The number of carbonyl (C=O) groups excluding carboxylic acids is 3. The van der Waals surface area contributed by atoms with Crippen LogP contribution in [0.5, 0.6) is 5.75 Å². The molecule has 2 aromatic rings. The van der Waals surface area contributed by atoms with Crippen molar-refractivity contribution in [1.82, 2.24) is 20.6 Å². The summed E-state index contributed by atoms with van der Waals surface area (Å²) >= 11 is 5.77. The minimum absolute atomic E-state index is 0.0495. The number of nitrogen functional groups attached to an aromatic ring is 2. The second-order valence-electron chi connectivity index (χ2n) is 7.54. The Hall–Kier alpha value is -4.13. The number of amides is 2. The van der Waals surface area contributed by atoms with E-state index in [0.717, 1.165) is 24.8 Å². The highest BCUT2D eigenvalue weighted by Crippen LogP contribution is 2.17. The number of anilines is 2. The minimum atomic E-state index is -0.889. The molecule has 1 aromatic carbocycles. The Morgan fingerprint density at radius 1 is 1.11 bits per heavy atom. The van der Waals surface area contributed by atoms with Crippen LogP contribution in [0.1, 0.15) is 35.8 Å². The van der Waals surface area contributed by atoms with Crippen LogP contribution in [-0.4, -0.2) is 60.0 Å². The molecular weight excluding hydrogens is 492 g/mol. The molecule has 13 nitrogen and oxygen atoms in total. The van der Waals surface area contributed by atoms with Crippen LogP contribution in [0.3, 0.4) is 0 Å². The summed E-state index contributed by atoms with van der Waals surface area (Å²) < 4.78 is 10.2. The maximum Gasteiger partial charge on any atom is 0.331 e. The highest BCUT2D eigenvalue weighted by atomic mass is 35.5. The number of aliphatic imine (C=N–C) groups is 1. The summed E-state index contributed by atoms with van der Waals surface area (Å²) in [5.41, 5.74) is 17.8. The summed E-state index contributed by atoms with van der Waals surface area (Å²) in [6.07, 6.45) is 2.33. The van der Waals surface area contributed by atoms with Crippen LogP contribution in [0.2, 0.25) is 5.15 Å². The normalized spacial score (nSPS) is 11.9. The fourth-order valence-corrected chi connectivity index (χ4v) is 3.08. The number of nitrogens with two attached hydrogens (primary N) is 3. The van der Waals surface area contributed by atoms with Gasteiger partial charge in [0, 0.05) is 13.5 Å². The lowest BCUT2D eigenvalue weighted by Crippen LogP contribution is -2.44. The highest BCUT2D eigenvalue weighted by molar-refractivity contribution is 6.31. The van der Waals surface area contributed by atoms with Gasteiger partial charge < -0.3 is 32.0 Å². The number of esters is 1. The molecule has 36 heavy (non-hydrogen) atoms. The van der Waals surface area contributed by atoms with E-state index in [0.29, 0.717) is 12.3 Å². The SMILES string of the molecule is COC(=O)[C@H](COc1ccc(CCCCN=C(N)NC(=O)c2nc(Cl)c(N)nc2N)cc1)NC(C)=O. The van der Waals surface area contributed by atoms with Crippen molar-refractivity contribution < 1.29 is 23.9 Å². The number of hydrogen-bond donors (Lipinski definition) is 5. The van der Waals surface area contributed by atoms with Crippen LogP contribution < -0.4 is 32.6 Å². The Labute approximate surface area is 212 Å². The number of nitrogens with zero attached hydrogens (tertiary/aromatic N) is 3. The van der Waals surface area contributed by atoms with E-state index in [4.69, 9.17) is 33.5 Å². The quantitative estimate of drug-likeness (QED) is 0.119. The van der Waals surface area contributed by atoms with Crippen molar-refractivity contribution in [2.24, 2.45) is 10.7 Å². The Kier molecular flexibility index (Phi) is 10.7. The number of hydrogen-bond acceptors (Lipinski definition) is 10. The highest BCUT2D eigenvalue weighted by Gasteiger charge is 2.21. The summed E-state index contributed by atoms with van der Waals surface area (Å²) in [5.74, 6) is -1.42. The number of benzene rings is 1. The van der Waals surface area contributed by atoms with Crippen LogP contribution in [0.15, 0.2) is 29.3 Å². The predicted molar refractivity (Wildman–Crippen MR) is 134 cm³/mol. The number of aryl methyl sites for hydroxylation is 1. The summed E-state index contributed by atoms with van der Waals surface area (Å²) in [4.78, 5) is 46.8. The van der Waals surface area contributed by atoms with Gasteiger partial charge in [-0.15, -0.1) is 0 Å². The van der Waals surface area contributed by atoms with Crippen molar-refractivity contribution in [2.45, 2.75) is 32.2 Å². The van der Waals surface area contributed by atoms with Gasteiger partial charge in [0.25, 0.3) is 5.91 Å². The van der Waals surface area contributed by atoms with Crippen molar-refractivity contribution >= 4 is 47.0 Å². The lowest BCUT2D eigenvalue weighted by Gasteiger charge is -2.16. The number of carbonyl (C=O) groups is 3. The number of nitrogens with one attached hydrogen (secondary N) is 2. The van der Waals surface area contributed by atoms with Crippen LogP contribution in [0.4, 0.5) is 11.6 Å². The molecule has 1 heterocycles. The van der Waals surface area contributed by atoms with Crippen LogP contribution in [0, 0.1) is 0 Å². The average Bonchev–Trinajstić information content (AvgIpc) is 2.83. The zero-order chi connectivity index (χ0) is 26.7. The Morgan fingerprint density at radius 2 is 1.81 bits per heavy atom. The van der Waals surface area contributed by atoms with Gasteiger partial charge in [0.15, 0.2) is 34.5 Å². The number of aromatic nitrogens is 2. The van der Waals surface area contributed by atoms with Crippen molar-refractivity contribution in [1.29, 1.82) is 0 Å². The molecule has 2 rings (SSSR count). The van der Waals surface area contributed by atoms with Crippen LogP contribution >= 0.6 is 11.6 Å². The third-order valence-corrected chi connectivity index (χ3v) is 5.00. The topological polar surface area (TPSA) is 210 Å². The first kappa shape index (κ1) is 28.1. The monoisotopic (exact) mass is 520 g/mol. The maximum absolute atomic E-state index is 12.2. The second kappa shape index (κ2) is 13.7. The van der Waals surface area contributed by atoms with Crippen LogP contribution in [0.25, 0.3) is 0 Å². The molecule has 0 fully saturated rings. The average molecular weight is 521 g/mol. The van der Waals surface area contributed by atoms with Gasteiger partial charge in [-0.1, -0.05) is 23.7 Å². The van der Waals surface area contributed by atoms with Crippen molar-refractivity contribution in [3.63, 3.8) is 0 Å². The van der Waals surface area contributed by atoms with Crippen molar-refractivity contribution in [3.05, 3.63) is 40.7 Å². The van der Waals surface area contributed by atoms with Crippen LogP contribution in [-0.2, 0) is 20.7 Å². The first-order valence-corrected chi connectivity index (χ1v) is 11.2. The zero-order valence-corrected chi connectivity index (χ0v) is 20.7. The number of ether oxygens (including phenoxy) is 2. The molecule has 0 bridgehead atoms. The molecule has 14 heteroatoms. The molecule has 0 spiro atoms. The molecule has 0 aliphatic rings. The summed E-state index contributed by atoms with van der Waals surface area (Å²) in [6.45, 7) is 1.66. The van der Waals surface area contributed by atoms with Crippen molar-refractivity contribution in [2.75, 3.05) is 31.7 Å². The molecule has 0 aliphatic carbocycles. The molecule has 0 saturated heterocycles. The van der Waals surface area contributed by atoms with E-state index in [1.807, 2.05) is 12.1 Å². The number of guanidine groups is 1. The second-order valence-corrected chi connectivity index (χ2v) is 7.90. The number of unbranched alkanes of at least 4 members (excludes halogenated alkanes) is 1. The summed E-state index contributed by atoms with van der Waals surface area (Å²) in [6, 6.07) is 6.48. The smallest absolute Gasteiger partial charge is 0.331 e. The van der Waals surface area contributed by atoms with Crippen molar-refractivity contribution in [3.8, 4) is 5.75 Å². The van der Waals surface area contributed by atoms with Gasteiger partial charge in [-0.05, 0) is 37.0 Å². The zero-order valence-electron chi connectivity index (χ0n) is 19.9. The number of halogens is 1. The Bertz CT molecular complexity index is 1110. The molecule has 1 atom stereocenters. The molecule has 1 aromatic heterocycles. The maximum atomic E-state index is 12.2. The van der Waals surface area contributed by atoms with Gasteiger partial charge in [0.2, 0.25) is 5.91 Å². The van der Waals surface area contributed by atoms with E-state index in [1.165, 1.54) is 14.0 Å². The Balaban J connectivity index is 1.75. The van der Waals surface area contributed by atoms with E-state index in [-0.39, 0.29) is 41.0 Å². The third-order valence-electron chi connectivity index (χ3n) is 4.72. The van der Waals surface area contributed by atoms with E-state index < -0.39 is 17.9 Å². The molecule has 0 aliphatic heterocycles. The molecule has 2 amide bonds. The standard InChI is InChI=1S/C22H29ClN8O5/c1-12(32)28-15(21(34)35-2)11-36-14-8-6-13(7-9-14)5-3-4-10-27-22(26)31-20(33)16-18(24)30-19(25)17(23)29-16/h6-9,15H,3-5,10-11H2,1-2H3,(H,28,32)(H4,24,25,30)(H3,26,27,31,33)/t15-/m0/s1. The fraction of sp³-hybridized carbons (Fsp3) is 0.364. The third kappa shape index (κ3) is 8.91. The van der Waals surface area contributed by atoms with Gasteiger partial charge in [-0.3, -0.25) is 19.9 Å². The first-order chi connectivity index (χ1) is 17.1. The Morgan fingerprint density at radius 3 is 2.44 bits per heavy atom. The molecule has 0 saturated carbocycles. The van der Waals surface area contributed by atoms with E-state index in [9.17, 15) is 14.4 Å². The molecule has 0 radical (unpaired) electrons. The van der Waals surface area contributed by atoms with Gasteiger partial charge in [-0.25, -0.2) is 14.8 Å². The van der Waals surface area contributed by atoms with E-state index >= 15 is 0 Å². The van der Waals surface area contributed by atoms with Gasteiger partial charge in [-0.2, -0.15) is 0 Å². The van der Waals surface area contributed by atoms with E-state index in [1.54, 1.807) is 12.1 Å². The fourth-order valence-electron chi connectivity index (χ4n) is 2.95. The predicted octanol–water partition coefficient (Wildman–Crippen LogP) is 0.418. The van der Waals surface area contributed by atoms with Gasteiger partial charge >= 0.3 is 5.97 Å². The van der Waals surface area contributed by atoms with Gasteiger partial charge in [0.05, 0.1) is 7.11 Å². The summed E-state index contributed by atoms with van der Waals surface area (Å²) in [7, 11) is 1.24. The van der Waals surface area contributed by atoms with E-state index in [2.05, 4.69) is 30.3 Å². The molecule has 0 unspecified atom stereocenters. The molecule has 194 valence electrons. The minimum Gasteiger partial charge on any atom is -0.491 e. The summed E-state index contributed by atoms with van der Waals surface area (Å²) in [5, 5.41) is 4.72. The lowest BCUT2D eigenvalue weighted by atomic mass is 10.1. The lowest BCUT2D eigenvalue weighted by molar-refractivity contribution is -0.145. The first-order valence-electron chi connectivity index (χ1n) is 10.9. The largest absolute Gasteiger partial charge is 0.491 e.